The second-order valence-electron chi connectivity index (χ2n) is 1.78. The summed E-state index contributed by atoms with van der Waals surface area (Å²) in [6.45, 7) is 5.72. The van der Waals surface area contributed by atoms with Crippen molar-refractivity contribution in [2.24, 2.45) is 10.3 Å². The van der Waals surface area contributed by atoms with Crippen LogP contribution >= 0.6 is 0 Å². The van der Waals surface area contributed by atoms with Gasteiger partial charge in [-0.2, -0.15) is 0 Å². The van der Waals surface area contributed by atoms with E-state index < -0.39 is 0 Å². The van der Waals surface area contributed by atoms with E-state index in [4.69, 9.17) is 10.0 Å². The molecule has 4 nitrogen and oxygen atoms in total. The van der Waals surface area contributed by atoms with E-state index in [0.717, 1.165) is 0 Å². The Morgan fingerprint density at radius 1 is 1.40 bits per heavy atom. The zero-order valence-corrected chi connectivity index (χ0v) is 6.46. The number of nitrogens with zero attached hydrogens (tertiary/aromatic N) is 2. The molecule has 1 N–H and O–H groups in total. The fraction of sp³-hybridized carbons (Fsp3) is 0.667. The molecule has 0 saturated carbocycles. The van der Waals surface area contributed by atoms with Crippen LogP contribution in [0.1, 0.15) is 20.8 Å². The molecule has 0 aliphatic heterocycles. The predicted molar refractivity (Wildman–Crippen MR) is 39.6 cm³/mol. The molecule has 0 aromatic carbocycles. The second kappa shape index (κ2) is 4.78. The maximum Gasteiger partial charge on any atom is 0.114 e. The van der Waals surface area contributed by atoms with Crippen molar-refractivity contribution in [1.29, 1.82) is 0 Å². The van der Waals surface area contributed by atoms with E-state index in [-0.39, 0.29) is 0 Å². The molecule has 0 aromatic rings. The summed E-state index contributed by atoms with van der Waals surface area (Å²) in [5, 5.41) is 14.8. The fourth-order valence-electron chi connectivity index (χ4n) is 0.300. The first-order chi connectivity index (χ1) is 4.72. The largest absolute Gasteiger partial charge is 0.411 e. The highest BCUT2D eigenvalue weighted by Gasteiger charge is 1.95. The molecule has 0 bridgehead atoms. The van der Waals surface area contributed by atoms with E-state index in [1.165, 1.54) is 0 Å². The molecule has 10 heavy (non-hydrogen) atoms. The van der Waals surface area contributed by atoms with Crippen molar-refractivity contribution in [3.63, 3.8) is 0 Å². The molecule has 0 aliphatic rings. The minimum Gasteiger partial charge on any atom is -0.411 e. The third kappa shape index (κ3) is 3.06. The van der Waals surface area contributed by atoms with Crippen LogP contribution in [0.25, 0.3) is 0 Å². The van der Waals surface area contributed by atoms with Gasteiger partial charge < -0.3 is 10.0 Å². The first-order valence-corrected chi connectivity index (χ1v) is 3.08. The molecule has 58 valence electrons. The molecule has 0 heterocycles. The van der Waals surface area contributed by atoms with Crippen molar-refractivity contribution in [2.45, 2.75) is 20.8 Å². The number of rotatable bonds is 3. The van der Waals surface area contributed by atoms with E-state index in [0.29, 0.717) is 18.0 Å². The van der Waals surface area contributed by atoms with E-state index in [9.17, 15) is 0 Å². The number of hydrogen-bond donors (Lipinski definition) is 1. The van der Waals surface area contributed by atoms with Gasteiger partial charge in [-0.05, 0) is 20.8 Å². The van der Waals surface area contributed by atoms with Crippen LogP contribution in [0.15, 0.2) is 10.3 Å². The molecule has 0 aromatic heterocycles. The van der Waals surface area contributed by atoms with Crippen molar-refractivity contribution in [1.82, 2.24) is 0 Å². The molecule has 0 atom stereocenters. The fourth-order valence-corrected chi connectivity index (χ4v) is 0.300. The van der Waals surface area contributed by atoms with Crippen LogP contribution in [-0.2, 0) is 4.84 Å². The van der Waals surface area contributed by atoms with Crippen molar-refractivity contribution in [3.05, 3.63) is 0 Å². The van der Waals surface area contributed by atoms with Gasteiger partial charge in [-0.3, -0.25) is 0 Å². The smallest absolute Gasteiger partial charge is 0.114 e. The Labute approximate surface area is 60.2 Å². The molecule has 0 radical (unpaired) electrons. The van der Waals surface area contributed by atoms with Gasteiger partial charge in [0, 0.05) is 0 Å². The summed E-state index contributed by atoms with van der Waals surface area (Å²) in [7, 11) is 0. The van der Waals surface area contributed by atoms with Crippen LogP contribution in [-0.4, -0.2) is 23.2 Å². The van der Waals surface area contributed by atoms with Gasteiger partial charge in [0.1, 0.15) is 18.0 Å². The maximum atomic E-state index is 8.26. The Kier molecular flexibility index (Phi) is 4.28. The van der Waals surface area contributed by atoms with Crippen LogP contribution in [0, 0.1) is 0 Å². The molecule has 0 rings (SSSR count). The van der Waals surface area contributed by atoms with Crippen LogP contribution in [0.2, 0.25) is 0 Å². The zero-order valence-electron chi connectivity index (χ0n) is 6.46. The van der Waals surface area contributed by atoms with Crippen LogP contribution in [0.4, 0.5) is 0 Å². The second-order valence-corrected chi connectivity index (χ2v) is 1.78. The average molecular weight is 144 g/mol. The standard InChI is InChI=1S/C6H12N2O2/c1-4-10-8-6(3)5(2)7-9/h9H,4H2,1-3H3/b7-5+,8-6+. The summed E-state index contributed by atoms with van der Waals surface area (Å²) in [5.41, 5.74) is 1.05. The van der Waals surface area contributed by atoms with Crippen LogP contribution in [0.3, 0.4) is 0 Å². The Morgan fingerprint density at radius 3 is 2.40 bits per heavy atom. The van der Waals surface area contributed by atoms with Gasteiger partial charge in [0.2, 0.25) is 0 Å². The Balaban J connectivity index is 3.93. The molecule has 0 saturated heterocycles. The highest BCUT2D eigenvalue weighted by Crippen LogP contribution is 1.84. The first-order valence-electron chi connectivity index (χ1n) is 3.08. The Hall–Kier alpha value is -1.06. The summed E-state index contributed by atoms with van der Waals surface area (Å²) in [5.74, 6) is 0. The third-order valence-electron chi connectivity index (χ3n) is 1.00. The normalized spacial score (nSPS) is 13.5. The molecule has 0 spiro atoms. The van der Waals surface area contributed by atoms with Gasteiger partial charge in [-0.25, -0.2) is 0 Å². The lowest BCUT2D eigenvalue weighted by Crippen LogP contribution is -2.05. The van der Waals surface area contributed by atoms with Crippen LogP contribution < -0.4 is 0 Å². The van der Waals surface area contributed by atoms with E-state index in [1.807, 2.05) is 6.92 Å². The van der Waals surface area contributed by atoms with Crippen molar-refractivity contribution < 1.29 is 10.0 Å². The minimum atomic E-state index is 0.466. The maximum absolute atomic E-state index is 8.26. The predicted octanol–water partition coefficient (Wildman–Crippen LogP) is 1.25. The van der Waals surface area contributed by atoms with E-state index >= 15 is 0 Å². The topological polar surface area (TPSA) is 54.2 Å². The van der Waals surface area contributed by atoms with Gasteiger partial charge in [-0.1, -0.05) is 10.3 Å². The molecule has 0 fully saturated rings. The SMILES string of the molecule is CCO/N=C(C)/C(C)=N/O. The molecule has 0 aliphatic carbocycles. The highest BCUT2D eigenvalue weighted by atomic mass is 16.6. The van der Waals surface area contributed by atoms with Gasteiger partial charge in [0.15, 0.2) is 0 Å². The summed E-state index contributed by atoms with van der Waals surface area (Å²) >= 11 is 0. The number of hydrogen-bond acceptors (Lipinski definition) is 4. The zero-order chi connectivity index (χ0) is 7.98. The molecular formula is C6H12N2O2. The lowest BCUT2D eigenvalue weighted by atomic mass is 10.3. The summed E-state index contributed by atoms with van der Waals surface area (Å²) < 4.78 is 0. The lowest BCUT2D eigenvalue weighted by Gasteiger charge is -1.95. The van der Waals surface area contributed by atoms with Gasteiger partial charge in [-0.15, -0.1) is 0 Å². The average Bonchev–Trinajstić information content (AvgIpc) is 1.98. The number of oxime groups is 2. The summed E-state index contributed by atoms with van der Waals surface area (Å²) in [4.78, 5) is 4.71. The van der Waals surface area contributed by atoms with Gasteiger partial charge in [0.05, 0.1) is 0 Å². The lowest BCUT2D eigenvalue weighted by molar-refractivity contribution is 0.159. The molecule has 4 heteroatoms. The van der Waals surface area contributed by atoms with Crippen molar-refractivity contribution >= 4 is 11.4 Å². The minimum absolute atomic E-state index is 0.466. The quantitative estimate of drug-likeness (QED) is 0.368. The molecule has 0 unspecified atom stereocenters. The molecular weight excluding hydrogens is 132 g/mol. The highest BCUT2D eigenvalue weighted by molar-refractivity contribution is 6.40. The monoisotopic (exact) mass is 144 g/mol. The Morgan fingerprint density at radius 2 is 2.00 bits per heavy atom. The third-order valence-corrected chi connectivity index (χ3v) is 1.00. The van der Waals surface area contributed by atoms with Crippen molar-refractivity contribution in [3.8, 4) is 0 Å². The molecule has 0 amide bonds. The van der Waals surface area contributed by atoms with Crippen LogP contribution in [0.5, 0.6) is 0 Å². The van der Waals surface area contributed by atoms with E-state index in [2.05, 4.69) is 10.3 Å². The summed E-state index contributed by atoms with van der Waals surface area (Å²) in [6, 6.07) is 0. The van der Waals surface area contributed by atoms with Gasteiger partial charge >= 0.3 is 0 Å². The van der Waals surface area contributed by atoms with E-state index in [1.54, 1.807) is 13.8 Å². The van der Waals surface area contributed by atoms with Gasteiger partial charge in [0.25, 0.3) is 0 Å². The van der Waals surface area contributed by atoms with Crippen molar-refractivity contribution in [2.75, 3.05) is 6.61 Å². The summed E-state index contributed by atoms with van der Waals surface area (Å²) in [6.07, 6.45) is 0. The Bertz CT molecular complexity index is 152. The first kappa shape index (κ1) is 8.94.